The number of nitrogens with zero attached hydrogens (tertiary/aromatic N) is 3. The van der Waals surface area contributed by atoms with Gasteiger partial charge in [0.15, 0.2) is 5.01 Å². The van der Waals surface area contributed by atoms with Crippen molar-refractivity contribution in [3.05, 3.63) is 35.5 Å². The van der Waals surface area contributed by atoms with Gasteiger partial charge in [-0.15, -0.1) is 11.3 Å². The first-order valence-corrected chi connectivity index (χ1v) is 8.61. The average molecular weight is 332 g/mol. The fourth-order valence-corrected chi connectivity index (χ4v) is 4.24. The SMILES string of the molecule is O=C(N[C@H]1CN2CCC1CC2)c1ncc(-c2ccnc(F)c2)s1. The molecule has 1 N–H and O–H groups in total. The quantitative estimate of drug-likeness (QED) is 0.875. The van der Waals surface area contributed by atoms with E-state index in [1.807, 2.05) is 0 Å². The van der Waals surface area contributed by atoms with Gasteiger partial charge < -0.3 is 10.2 Å². The maximum Gasteiger partial charge on any atom is 0.280 e. The van der Waals surface area contributed by atoms with E-state index in [-0.39, 0.29) is 11.9 Å². The Morgan fingerprint density at radius 2 is 2.17 bits per heavy atom. The van der Waals surface area contributed by atoms with Crippen LogP contribution in [0, 0.1) is 11.9 Å². The highest BCUT2D eigenvalue weighted by atomic mass is 32.1. The van der Waals surface area contributed by atoms with Gasteiger partial charge in [-0.1, -0.05) is 0 Å². The minimum atomic E-state index is -0.533. The van der Waals surface area contributed by atoms with Gasteiger partial charge >= 0.3 is 0 Å². The third kappa shape index (κ3) is 2.98. The summed E-state index contributed by atoms with van der Waals surface area (Å²) >= 11 is 1.28. The van der Waals surface area contributed by atoms with Gasteiger partial charge in [-0.2, -0.15) is 4.39 Å². The fraction of sp³-hybridized carbons (Fsp3) is 0.438. The predicted molar refractivity (Wildman–Crippen MR) is 85.7 cm³/mol. The van der Waals surface area contributed by atoms with E-state index in [0.29, 0.717) is 16.5 Å². The molecule has 5 nitrogen and oxygen atoms in total. The number of carbonyl (C=O) groups is 1. The van der Waals surface area contributed by atoms with Gasteiger partial charge in [0, 0.05) is 31.0 Å². The number of hydrogen-bond acceptors (Lipinski definition) is 5. The van der Waals surface area contributed by atoms with Gasteiger partial charge in [-0.25, -0.2) is 9.97 Å². The van der Waals surface area contributed by atoms with Gasteiger partial charge in [0.05, 0.1) is 4.88 Å². The minimum absolute atomic E-state index is 0.130. The first kappa shape index (κ1) is 14.7. The molecule has 3 fully saturated rings. The van der Waals surface area contributed by atoms with Crippen LogP contribution in [0.1, 0.15) is 22.6 Å². The van der Waals surface area contributed by atoms with Crippen molar-refractivity contribution < 1.29 is 9.18 Å². The van der Waals surface area contributed by atoms with Crippen molar-refractivity contribution in [3.8, 4) is 10.4 Å². The zero-order valence-electron chi connectivity index (χ0n) is 12.5. The van der Waals surface area contributed by atoms with Crippen LogP contribution in [-0.2, 0) is 0 Å². The monoisotopic (exact) mass is 332 g/mol. The zero-order chi connectivity index (χ0) is 15.8. The number of pyridine rings is 1. The molecule has 3 saturated heterocycles. The van der Waals surface area contributed by atoms with Gasteiger partial charge in [-0.05, 0) is 43.5 Å². The van der Waals surface area contributed by atoms with Gasteiger partial charge in [0.2, 0.25) is 5.95 Å². The normalized spacial score (nSPS) is 26.2. The van der Waals surface area contributed by atoms with E-state index in [1.165, 1.54) is 23.6 Å². The first-order valence-electron chi connectivity index (χ1n) is 7.80. The van der Waals surface area contributed by atoms with Crippen LogP contribution in [0.2, 0.25) is 0 Å². The summed E-state index contributed by atoms with van der Waals surface area (Å²) < 4.78 is 13.2. The van der Waals surface area contributed by atoms with E-state index in [1.54, 1.807) is 12.3 Å². The molecule has 2 aromatic rings. The van der Waals surface area contributed by atoms with Crippen LogP contribution in [-0.4, -0.2) is 46.5 Å². The number of nitrogens with one attached hydrogen (secondary N) is 1. The van der Waals surface area contributed by atoms with E-state index in [0.717, 1.165) is 37.4 Å². The molecule has 0 saturated carbocycles. The molecular weight excluding hydrogens is 315 g/mol. The third-order valence-corrected chi connectivity index (χ3v) is 5.73. The summed E-state index contributed by atoms with van der Waals surface area (Å²) in [6.45, 7) is 3.22. The van der Waals surface area contributed by atoms with E-state index < -0.39 is 5.95 Å². The Bertz CT molecular complexity index is 726. The maximum absolute atomic E-state index is 13.2. The van der Waals surface area contributed by atoms with Crippen LogP contribution in [0.5, 0.6) is 0 Å². The average Bonchev–Trinajstić information content (AvgIpc) is 3.06. The molecule has 0 radical (unpaired) electrons. The van der Waals surface area contributed by atoms with E-state index in [9.17, 15) is 9.18 Å². The van der Waals surface area contributed by atoms with Crippen molar-refractivity contribution in [2.45, 2.75) is 18.9 Å². The molecule has 120 valence electrons. The molecule has 1 amide bonds. The Labute approximate surface area is 137 Å². The number of thiazole rings is 1. The topological polar surface area (TPSA) is 58.1 Å². The van der Waals surface area contributed by atoms with Crippen molar-refractivity contribution in [1.29, 1.82) is 0 Å². The second-order valence-electron chi connectivity index (χ2n) is 6.11. The van der Waals surface area contributed by atoms with Gasteiger partial charge in [0.1, 0.15) is 0 Å². The van der Waals surface area contributed by atoms with Crippen LogP contribution in [0.3, 0.4) is 0 Å². The maximum atomic E-state index is 13.2. The van der Waals surface area contributed by atoms with E-state index >= 15 is 0 Å². The standard InChI is InChI=1S/C16H17FN4OS/c17-14-7-11(1-4-18-14)13-8-19-16(23-13)15(22)20-12-9-21-5-2-10(12)3-6-21/h1,4,7-8,10,12H,2-3,5-6,9H2,(H,20,22)/t12-/m0/s1. The Kier molecular flexibility index (Phi) is 3.82. The highest BCUT2D eigenvalue weighted by molar-refractivity contribution is 7.16. The number of hydrogen-bond donors (Lipinski definition) is 1. The summed E-state index contributed by atoms with van der Waals surface area (Å²) in [5.41, 5.74) is 0.692. The molecule has 3 aliphatic rings. The molecule has 7 heteroatoms. The molecule has 5 rings (SSSR count). The van der Waals surface area contributed by atoms with Crippen molar-refractivity contribution in [2.24, 2.45) is 5.92 Å². The first-order chi connectivity index (χ1) is 11.2. The fourth-order valence-electron chi connectivity index (χ4n) is 3.43. The summed E-state index contributed by atoms with van der Waals surface area (Å²) in [6.07, 6.45) is 5.34. The second-order valence-corrected chi connectivity index (χ2v) is 7.15. The van der Waals surface area contributed by atoms with E-state index in [4.69, 9.17) is 0 Å². The largest absolute Gasteiger partial charge is 0.346 e. The molecule has 5 heterocycles. The second kappa shape index (κ2) is 5.98. The lowest BCUT2D eigenvalue weighted by atomic mass is 9.84. The molecule has 1 atom stereocenters. The van der Waals surface area contributed by atoms with Crippen LogP contribution in [0.25, 0.3) is 10.4 Å². The van der Waals surface area contributed by atoms with E-state index in [2.05, 4.69) is 20.2 Å². The van der Waals surface area contributed by atoms with Crippen LogP contribution >= 0.6 is 11.3 Å². The minimum Gasteiger partial charge on any atom is -0.346 e. The molecule has 0 aliphatic carbocycles. The summed E-state index contributed by atoms with van der Waals surface area (Å²) in [5.74, 6) is -0.0820. The number of aromatic nitrogens is 2. The molecule has 23 heavy (non-hydrogen) atoms. The summed E-state index contributed by atoms with van der Waals surface area (Å²) in [7, 11) is 0. The number of rotatable bonds is 3. The number of carbonyl (C=O) groups excluding carboxylic acids is 1. The Morgan fingerprint density at radius 3 is 2.87 bits per heavy atom. The highest BCUT2D eigenvalue weighted by Crippen LogP contribution is 2.29. The van der Waals surface area contributed by atoms with Crippen LogP contribution < -0.4 is 5.32 Å². The van der Waals surface area contributed by atoms with Crippen molar-refractivity contribution in [3.63, 3.8) is 0 Å². The summed E-state index contributed by atoms with van der Waals surface area (Å²) in [4.78, 5) is 23.3. The highest BCUT2D eigenvalue weighted by Gasteiger charge is 2.35. The smallest absolute Gasteiger partial charge is 0.280 e. The summed E-state index contributed by atoms with van der Waals surface area (Å²) in [5, 5.41) is 3.55. The Balaban J connectivity index is 1.47. The molecule has 2 aromatic heterocycles. The lowest BCUT2D eigenvalue weighted by molar-refractivity contribution is 0.0620. The van der Waals surface area contributed by atoms with Crippen molar-refractivity contribution in [1.82, 2.24) is 20.2 Å². The molecule has 3 aliphatic heterocycles. The van der Waals surface area contributed by atoms with Crippen molar-refractivity contribution >= 4 is 17.2 Å². The third-order valence-electron chi connectivity index (χ3n) is 4.68. The molecule has 0 aromatic carbocycles. The number of fused-ring (bicyclic) bond motifs is 3. The lowest BCUT2D eigenvalue weighted by Gasteiger charge is -2.44. The van der Waals surface area contributed by atoms with Crippen LogP contribution in [0.15, 0.2) is 24.5 Å². The zero-order valence-corrected chi connectivity index (χ0v) is 13.4. The number of piperidine rings is 3. The Morgan fingerprint density at radius 1 is 1.35 bits per heavy atom. The van der Waals surface area contributed by atoms with Crippen molar-refractivity contribution in [2.75, 3.05) is 19.6 Å². The molecule has 0 spiro atoms. The van der Waals surface area contributed by atoms with Gasteiger partial charge in [0.25, 0.3) is 5.91 Å². The Hall–Kier alpha value is -1.86. The van der Waals surface area contributed by atoms with Gasteiger partial charge in [-0.3, -0.25) is 4.79 Å². The van der Waals surface area contributed by atoms with Crippen LogP contribution in [0.4, 0.5) is 4.39 Å². The number of amides is 1. The summed E-state index contributed by atoms with van der Waals surface area (Å²) in [6, 6.07) is 3.28. The molecule has 2 bridgehead atoms. The molecular formula is C16H17FN4OS. The predicted octanol–water partition coefficient (Wildman–Crippen LogP) is 2.17. The molecule has 0 unspecified atom stereocenters. The number of halogens is 1. The lowest BCUT2D eigenvalue weighted by Crippen LogP contribution is -2.57.